The van der Waals surface area contributed by atoms with E-state index in [1.807, 2.05) is 48.5 Å². The van der Waals surface area contributed by atoms with Crippen molar-refractivity contribution in [2.45, 2.75) is 32.1 Å². The third kappa shape index (κ3) is 5.60. The highest BCUT2D eigenvalue weighted by Gasteiger charge is 2.21. The monoisotopic (exact) mass is 299 g/mol. The highest BCUT2D eigenvalue weighted by atomic mass is 16.3. The number of benzene rings is 2. The molecule has 3 nitrogen and oxygen atoms in total. The molecule has 0 aromatic heterocycles. The lowest BCUT2D eigenvalue weighted by Gasteiger charge is -2.30. The predicted octanol–water partition coefficient (Wildman–Crippen LogP) is 2.99. The van der Waals surface area contributed by atoms with Crippen LogP contribution >= 0.6 is 0 Å². The van der Waals surface area contributed by atoms with Crippen LogP contribution in [0.25, 0.3) is 0 Å². The van der Waals surface area contributed by atoms with Gasteiger partial charge in [-0.2, -0.15) is 0 Å². The minimum absolute atomic E-state index is 0.489. The Morgan fingerprint density at radius 2 is 1.50 bits per heavy atom. The number of hydrogen-bond acceptors (Lipinski definition) is 3. The number of nitrogens with zero attached hydrogens (tertiary/aromatic N) is 1. The molecule has 0 aliphatic heterocycles. The molecule has 0 bridgehead atoms. The Morgan fingerprint density at radius 1 is 0.955 bits per heavy atom. The topological polar surface area (TPSA) is 43.7 Å². The lowest BCUT2D eigenvalue weighted by Crippen LogP contribution is -2.40. The summed E-state index contributed by atoms with van der Waals surface area (Å²) >= 11 is 0. The molecule has 118 valence electrons. The van der Waals surface area contributed by atoms with E-state index in [9.17, 15) is 10.2 Å². The summed E-state index contributed by atoms with van der Waals surface area (Å²) in [6.45, 7) is 5.28. The fourth-order valence-electron chi connectivity index (χ4n) is 2.60. The maximum Gasteiger partial charge on any atom is 0.0917 e. The van der Waals surface area contributed by atoms with Gasteiger partial charge in [-0.3, -0.25) is 4.90 Å². The van der Waals surface area contributed by atoms with Crippen LogP contribution in [0, 0.1) is 0 Å². The third-order valence-corrected chi connectivity index (χ3v) is 3.48. The first-order valence-electron chi connectivity index (χ1n) is 7.66. The molecule has 2 aromatic carbocycles. The van der Waals surface area contributed by atoms with E-state index in [4.69, 9.17) is 0 Å². The third-order valence-electron chi connectivity index (χ3n) is 3.48. The maximum absolute atomic E-state index is 10.4. The van der Waals surface area contributed by atoms with Crippen LogP contribution in [0.4, 0.5) is 0 Å². The second-order valence-electron chi connectivity index (χ2n) is 6.39. The van der Waals surface area contributed by atoms with Gasteiger partial charge in [0.25, 0.3) is 0 Å². The van der Waals surface area contributed by atoms with Gasteiger partial charge in [0.2, 0.25) is 0 Å². The second kappa shape index (κ2) is 7.54. The molecule has 1 atom stereocenters. The molecule has 0 saturated carbocycles. The summed E-state index contributed by atoms with van der Waals surface area (Å²) in [6, 6.07) is 19.8. The highest BCUT2D eigenvalue weighted by molar-refractivity contribution is 5.18. The largest absolute Gasteiger partial charge is 0.389 e. The smallest absolute Gasteiger partial charge is 0.0917 e. The van der Waals surface area contributed by atoms with E-state index >= 15 is 0 Å². The number of aliphatic hydroxyl groups excluding tert-OH is 1. The molecule has 3 heteroatoms. The maximum atomic E-state index is 10.4. The number of aliphatic hydroxyl groups is 2. The molecule has 2 rings (SSSR count). The summed E-state index contributed by atoms with van der Waals surface area (Å²) in [5, 5.41) is 20.6. The second-order valence-corrected chi connectivity index (χ2v) is 6.39. The van der Waals surface area contributed by atoms with Crippen molar-refractivity contribution in [1.29, 1.82) is 0 Å². The van der Waals surface area contributed by atoms with E-state index in [0.29, 0.717) is 19.6 Å². The predicted molar refractivity (Wildman–Crippen MR) is 89.4 cm³/mol. The molecule has 0 aliphatic carbocycles. The van der Waals surface area contributed by atoms with Crippen molar-refractivity contribution in [3.05, 3.63) is 71.8 Å². The van der Waals surface area contributed by atoms with Crippen LogP contribution in [0.1, 0.15) is 31.1 Å². The van der Waals surface area contributed by atoms with E-state index in [-0.39, 0.29) is 0 Å². The van der Waals surface area contributed by atoms with Crippen molar-refractivity contribution in [1.82, 2.24) is 4.90 Å². The van der Waals surface area contributed by atoms with Crippen molar-refractivity contribution < 1.29 is 10.2 Å². The minimum Gasteiger partial charge on any atom is -0.389 e. The molecule has 0 saturated heterocycles. The zero-order chi connectivity index (χ0) is 16.0. The molecule has 0 spiro atoms. The number of hydrogen-bond donors (Lipinski definition) is 2. The van der Waals surface area contributed by atoms with Crippen LogP contribution in [-0.4, -0.2) is 33.8 Å². The summed E-state index contributed by atoms with van der Waals surface area (Å²) in [4.78, 5) is 2.09. The van der Waals surface area contributed by atoms with Crippen LogP contribution in [0.15, 0.2) is 60.7 Å². The van der Waals surface area contributed by atoms with E-state index in [2.05, 4.69) is 17.0 Å². The van der Waals surface area contributed by atoms with Gasteiger partial charge >= 0.3 is 0 Å². The van der Waals surface area contributed by atoms with Crippen LogP contribution in [0.5, 0.6) is 0 Å². The van der Waals surface area contributed by atoms with Gasteiger partial charge in [0.15, 0.2) is 0 Å². The molecular weight excluding hydrogens is 274 g/mol. The lowest BCUT2D eigenvalue weighted by atomic mass is 10.1. The zero-order valence-corrected chi connectivity index (χ0v) is 13.3. The average Bonchev–Trinajstić information content (AvgIpc) is 2.47. The Kier molecular flexibility index (Phi) is 5.72. The van der Waals surface area contributed by atoms with Gasteiger partial charge in [-0.1, -0.05) is 60.7 Å². The molecule has 0 aliphatic rings. The number of rotatable bonds is 7. The Balaban J connectivity index is 2.07. The minimum atomic E-state index is -0.800. The standard InChI is InChI=1S/C19H25NO2/c1-19(2,22)15-20(13-16-9-5-3-6-10-16)14-18(21)17-11-7-4-8-12-17/h3-12,18,21-22H,13-15H2,1-2H3. The normalized spacial score (nSPS) is 13.3. The first-order chi connectivity index (χ1) is 10.4. The van der Waals surface area contributed by atoms with Crippen LogP contribution in [0.3, 0.4) is 0 Å². The Labute approximate surface area is 132 Å². The molecule has 0 fully saturated rings. The van der Waals surface area contributed by atoms with Gasteiger partial charge in [0.05, 0.1) is 11.7 Å². The summed E-state index contributed by atoms with van der Waals surface area (Å²) in [6.07, 6.45) is -0.563. The summed E-state index contributed by atoms with van der Waals surface area (Å²) in [5.74, 6) is 0. The molecule has 0 heterocycles. The van der Waals surface area contributed by atoms with Gasteiger partial charge in [0, 0.05) is 19.6 Å². The zero-order valence-electron chi connectivity index (χ0n) is 13.3. The first kappa shape index (κ1) is 16.7. The molecule has 22 heavy (non-hydrogen) atoms. The van der Waals surface area contributed by atoms with Gasteiger partial charge in [-0.15, -0.1) is 0 Å². The van der Waals surface area contributed by atoms with Gasteiger partial charge in [-0.05, 0) is 25.0 Å². The van der Waals surface area contributed by atoms with E-state index in [1.165, 1.54) is 5.56 Å². The van der Waals surface area contributed by atoms with Crippen LogP contribution in [-0.2, 0) is 6.54 Å². The Bertz CT molecular complexity index is 549. The van der Waals surface area contributed by atoms with Crippen molar-refractivity contribution >= 4 is 0 Å². The van der Waals surface area contributed by atoms with Gasteiger partial charge in [0.1, 0.15) is 0 Å². The molecule has 2 N–H and O–H groups in total. The summed E-state index contributed by atoms with van der Waals surface area (Å²) < 4.78 is 0. The highest BCUT2D eigenvalue weighted by Crippen LogP contribution is 2.17. The average molecular weight is 299 g/mol. The van der Waals surface area contributed by atoms with E-state index < -0.39 is 11.7 Å². The lowest BCUT2D eigenvalue weighted by molar-refractivity contribution is 0.0150. The Hall–Kier alpha value is -1.68. The van der Waals surface area contributed by atoms with E-state index in [1.54, 1.807) is 13.8 Å². The quantitative estimate of drug-likeness (QED) is 0.826. The Morgan fingerprint density at radius 3 is 2.05 bits per heavy atom. The SMILES string of the molecule is CC(C)(O)CN(Cc1ccccc1)CC(O)c1ccccc1. The summed E-state index contributed by atoms with van der Waals surface area (Å²) in [7, 11) is 0. The van der Waals surface area contributed by atoms with Crippen LogP contribution < -0.4 is 0 Å². The van der Waals surface area contributed by atoms with Crippen molar-refractivity contribution in [2.75, 3.05) is 13.1 Å². The fourth-order valence-corrected chi connectivity index (χ4v) is 2.60. The van der Waals surface area contributed by atoms with Crippen LogP contribution in [0.2, 0.25) is 0 Å². The van der Waals surface area contributed by atoms with Crippen molar-refractivity contribution in [3.63, 3.8) is 0 Å². The first-order valence-corrected chi connectivity index (χ1v) is 7.66. The summed E-state index contributed by atoms with van der Waals surface area (Å²) in [5.41, 5.74) is 1.27. The van der Waals surface area contributed by atoms with Gasteiger partial charge in [-0.25, -0.2) is 0 Å². The molecule has 1 unspecified atom stereocenters. The fraction of sp³-hybridized carbons (Fsp3) is 0.368. The van der Waals surface area contributed by atoms with Crippen molar-refractivity contribution in [3.8, 4) is 0 Å². The molecule has 2 aromatic rings. The van der Waals surface area contributed by atoms with E-state index in [0.717, 1.165) is 5.56 Å². The van der Waals surface area contributed by atoms with Gasteiger partial charge < -0.3 is 10.2 Å². The molecule has 0 amide bonds. The van der Waals surface area contributed by atoms with Crippen molar-refractivity contribution in [2.24, 2.45) is 0 Å². The molecular formula is C19H25NO2. The molecule has 0 radical (unpaired) electrons.